The Morgan fingerprint density at radius 1 is 1.40 bits per heavy atom. The Bertz CT molecular complexity index is 286. The Morgan fingerprint density at radius 2 is 2.27 bits per heavy atom. The quantitative estimate of drug-likeness (QED) is 0.611. The van der Waals surface area contributed by atoms with Gasteiger partial charge in [0.25, 0.3) is 0 Å². The molecule has 1 saturated heterocycles. The average molecular weight is 208 g/mol. The predicted octanol–water partition coefficient (Wildman–Crippen LogP) is 2.56. The Labute approximate surface area is 91.4 Å². The van der Waals surface area contributed by atoms with E-state index in [1.54, 1.807) is 0 Å². The molecule has 1 spiro atoms. The molecule has 0 unspecified atom stereocenters. The first-order chi connectivity index (χ1) is 7.22. The molecule has 84 valence electrons. The first kappa shape index (κ1) is 9.83. The third-order valence-electron chi connectivity index (χ3n) is 5.04. The Morgan fingerprint density at radius 3 is 3.13 bits per heavy atom. The van der Waals surface area contributed by atoms with Gasteiger partial charge in [0.15, 0.2) is 0 Å². The van der Waals surface area contributed by atoms with Crippen LogP contribution in [0.4, 0.5) is 0 Å². The number of ketones is 1. The summed E-state index contributed by atoms with van der Waals surface area (Å²) in [6.45, 7) is 3.04. The molecule has 2 nitrogen and oxygen atoms in total. The molecule has 1 heterocycles. The first-order valence-corrected chi connectivity index (χ1v) is 6.37. The van der Waals surface area contributed by atoms with Gasteiger partial charge in [-0.15, -0.1) is 0 Å². The largest absolute Gasteiger partial charge is 0.378 e. The van der Waals surface area contributed by atoms with Crippen LogP contribution < -0.4 is 0 Å². The van der Waals surface area contributed by atoms with Crippen molar-refractivity contribution in [3.63, 3.8) is 0 Å². The molecule has 3 fully saturated rings. The van der Waals surface area contributed by atoms with E-state index in [-0.39, 0.29) is 5.92 Å². The van der Waals surface area contributed by atoms with Gasteiger partial charge in [-0.3, -0.25) is 4.79 Å². The van der Waals surface area contributed by atoms with Gasteiger partial charge in [-0.25, -0.2) is 0 Å². The van der Waals surface area contributed by atoms with Gasteiger partial charge in [-0.2, -0.15) is 0 Å². The average Bonchev–Trinajstić information content (AvgIpc) is 2.61. The number of hydrogen-bond donors (Lipinski definition) is 0. The van der Waals surface area contributed by atoms with Crippen LogP contribution in [0.25, 0.3) is 0 Å². The maximum Gasteiger partial charge on any atom is 0.136 e. The highest BCUT2D eigenvalue weighted by Gasteiger charge is 2.54. The highest BCUT2D eigenvalue weighted by molar-refractivity contribution is 5.82. The van der Waals surface area contributed by atoms with Crippen molar-refractivity contribution in [1.82, 2.24) is 0 Å². The molecule has 15 heavy (non-hydrogen) atoms. The number of hydrogen-bond acceptors (Lipinski definition) is 2. The molecule has 0 aromatic heterocycles. The van der Waals surface area contributed by atoms with Gasteiger partial charge >= 0.3 is 0 Å². The molecule has 4 atom stereocenters. The summed E-state index contributed by atoms with van der Waals surface area (Å²) in [4.78, 5) is 11.8. The summed E-state index contributed by atoms with van der Waals surface area (Å²) >= 11 is 0. The topological polar surface area (TPSA) is 26.3 Å². The van der Waals surface area contributed by atoms with Crippen LogP contribution in [0.1, 0.15) is 45.4 Å². The SMILES string of the molecule is C[C@H]1C[C@]23CCO[C@H]2CCC[C@@H]3CC1=O. The molecule has 0 bridgehead atoms. The van der Waals surface area contributed by atoms with E-state index in [2.05, 4.69) is 6.92 Å². The second-order valence-corrected chi connectivity index (χ2v) is 5.75. The zero-order valence-corrected chi connectivity index (χ0v) is 9.50. The minimum Gasteiger partial charge on any atom is -0.378 e. The first-order valence-electron chi connectivity index (χ1n) is 6.37. The van der Waals surface area contributed by atoms with Crippen LogP contribution >= 0.6 is 0 Å². The zero-order valence-electron chi connectivity index (χ0n) is 9.50. The fraction of sp³-hybridized carbons (Fsp3) is 0.923. The molecule has 2 aliphatic carbocycles. The number of Topliss-reactive ketones (excluding diaryl/α,β-unsaturated/α-hetero) is 1. The second kappa shape index (κ2) is 3.31. The van der Waals surface area contributed by atoms with Crippen molar-refractivity contribution in [2.24, 2.45) is 17.3 Å². The fourth-order valence-electron chi connectivity index (χ4n) is 4.23. The van der Waals surface area contributed by atoms with Crippen molar-refractivity contribution in [2.45, 2.75) is 51.6 Å². The number of ether oxygens (including phenoxy) is 1. The van der Waals surface area contributed by atoms with Crippen molar-refractivity contribution in [3.05, 3.63) is 0 Å². The van der Waals surface area contributed by atoms with Gasteiger partial charge in [-0.05, 0) is 31.6 Å². The summed E-state index contributed by atoms with van der Waals surface area (Å²) in [6, 6.07) is 0. The van der Waals surface area contributed by atoms with Gasteiger partial charge in [0.1, 0.15) is 5.78 Å². The van der Waals surface area contributed by atoms with Crippen LogP contribution in [-0.2, 0) is 9.53 Å². The molecule has 2 heteroatoms. The molecular formula is C13H20O2. The molecule has 0 aromatic carbocycles. The minimum absolute atomic E-state index is 0.281. The Kier molecular flexibility index (Phi) is 2.17. The van der Waals surface area contributed by atoms with Gasteiger partial charge in [0, 0.05) is 24.4 Å². The zero-order chi connectivity index (χ0) is 10.5. The van der Waals surface area contributed by atoms with Crippen LogP contribution in [0, 0.1) is 17.3 Å². The monoisotopic (exact) mass is 208 g/mol. The summed E-state index contributed by atoms with van der Waals surface area (Å²) < 4.78 is 5.89. The Hall–Kier alpha value is -0.370. The third-order valence-corrected chi connectivity index (χ3v) is 5.04. The maximum atomic E-state index is 11.8. The standard InChI is InChI=1S/C13H20O2/c1-9-8-13-5-6-15-12(13)4-2-3-10(13)7-11(9)14/h9-10,12H,2-8H2,1H3/t9-,10+,12-,13-/m0/s1. The van der Waals surface area contributed by atoms with E-state index in [4.69, 9.17) is 4.74 Å². The summed E-state index contributed by atoms with van der Waals surface area (Å²) in [5, 5.41) is 0. The van der Waals surface area contributed by atoms with E-state index in [0.29, 0.717) is 23.2 Å². The van der Waals surface area contributed by atoms with E-state index in [1.165, 1.54) is 25.7 Å². The lowest BCUT2D eigenvalue weighted by Gasteiger charge is -2.49. The molecule has 0 amide bonds. The van der Waals surface area contributed by atoms with Crippen LogP contribution in [0.5, 0.6) is 0 Å². The van der Waals surface area contributed by atoms with Gasteiger partial charge in [0.05, 0.1) is 6.10 Å². The van der Waals surface area contributed by atoms with Crippen LogP contribution in [0.2, 0.25) is 0 Å². The van der Waals surface area contributed by atoms with Crippen molar-refractivity contribution in [2.75, 3.05) is 6.61 Å². The van der Waals surface area contributed by atoms with E-state index in [9.17, 15) is 4.79 Å². The summed E-state index contributed by atoms with van der Waals surface area (Å²) in [6.07, 6.45) is 7.38. The van der Waals surface area contributed by atoms with Crippen LogP contribution in [0.15, 0.2) is 0 Å². The highest BCUT2D eigenvalue weighted by Crippen LogP contribution is 2.56. The molecule has 0 aromatic rings. The van der Waals surface area contributed by atoms with Gasteiger partial charge in [-0.1, -0.05) is 13.3 Å². The molecule has 0 radical (unpaired) electrons. The molecule has 2 saturated carbocycles. The predicted molar refractivity (Wildman–Crippen MR) is 57.5 cm³/mol. The van der Waals surface area contributed by atoms with E-state index in [0.717, 1.165) is 19.4 Å². The van der Waals surface area contributed by atoms with Crippen LogP contribution in [0.3, 0.4) is 0 Å². The summed E-state index contributed by atoms with van der Waals surface area (Å²) in [5.74, 6) is 1.42. The van der Waals surface area contributed by atoms with Crippen LogP contribution in [-0.4, -0.2) is 18.5 Å². The van der Waals surface area contributed by atoms with Gasteiger partial charge in [0.2, 0.25) is 0 Å². The lowest BCUT2D eigenvalue weighted by atomic mass is 9.55. The summed E-state index contributed by atoms with van der Waals surface area (Å²) in [5.41, 5.74) is 0.394. The second-order valence-electron chi connectivity index (χ2n) is 5.75. The molecule has 0 N–H and O–H groups in total. The van der Waals surface area contributed by atoms with Crippen molar-refractivity contribution in [3.8, 4) is 0 Å². The lowest BCUT2D eigenvalue weighted by Crippen LogP contribution is -2.48. The van der Waals surface area contributed by atoms with E-state index in [1.807, 2.05) is 0 Å². The smallest absolute Gasteiger partial charge is 0.136 e. The highest BCUT2D eigenvalue weighted by atomic mass is 16.5. The number of carbonyl (C=O) groups is 1. The molecular weight excluding hydrogens is 188 g/mol. The minimum atomic E-state index is 0.281. The normalized spacial score (nSPS) is 49.9. The van der Waals surface area contributed by atoms with Crippen molar-refractivity contribution < 1.29 is 9.53 Å². The lowest BCUT2D eigenvalue weighted by molar-refractivity contribution is -0.135. The van der Waals surface area contributed by atoms with Crippen molar-refractivity contribution >= 4 is 5.78 Å². The molecule has 3 rings (SSSR count). The number of rotatable bonds is 0. The number of carbonyl (C=O) groups excluding carboxylic acids is 1. The Balaban J connectivity index is 1.92. The molecule has 3 aliphatic rings. The summed E-state index contributed by atoms with van der Waals surface area (Å²) in [7, 11) is 0. The molecule has 1 aliphatic heterocycles. The van der Waals surface area contributed by atoms with Crippen molar-refractivity contribution in [1.29, 1.82) is 0 Å². The van der Waals surface area contributed by atoms with E-state index < -0.39 is 0 Å². The van der Waals surface area contributed by atoms with Gasteiger partial charge < -0.3 is 4.74 Å². The third kappa shape index (κ3) is 1.30. The fourth-order valence-corrected chi connectivity index (χ4v) is 4.23. The van der Waals surface area contributed by atoms with E-state index >= 15 is 0 Å². The maximum absolute atomic E-state index is 11.8.